The number of carbonyl (C=O) groups is 2. The van der Waals surface area contributed by atoms with Crippen LogP contribution in [0.2, 0.25) is 0 Å². The van der Waals surface area contributed by atoms with Crippen LogP contribution in [0.5, 0.6) is 0 Å². The number of hydrogen-bond acceptors (Lipinski definition) is 3. The largest absolute Gasteiger partial charge is 0.478 e. The minimum Gasteiger partial charge on any atom is -0.478 e. The first kappa shape index (κ1) is 20.5. The lowest BCUT2D eigenvalue weighted by Crippen LogP contribution is -2.30. The first-order valence-electron chi connectivity index (χ1n) is 11.0. The summed E-state index contributed by atoms with van der Waals surface area (Å²) in [5.41, 5.74) is 3.44. The van der Waals surface area contributed by atoms with E-state index in [0.29, 0.717) is 0 Å². The predicted molar refractivity (Wildman–Crippen MR) is 118 cm³/mol. The van der Waals surface area contributed by atoms with E-state index in [-0.39, 0.29) is 23.9 Å². The maximum Gasteiger partial charge on any atom is 0.335 e. The average Bonchev–Trinajstić information content (AvgIpc) is 3.18. The summed E-state index contributed by atoms with van der Waals surface area (Å²) in [6.07, 6.45) is 5.64. The van der Waals surface area contributed by atoms with Crippen LogP contribution in [0.4, 0.5) is 5.69 Å². The third kappa shape index (κ3) is 4.50. The van der Waals surface area contributed by atoms with Crippen molar-refractivity contribution < 1.29 is 14.7 Å². The van der Waals surface area contributed by atoms with E-state index in [1.165, 1.54) is 43.5 Å². The van der Waals surface area contributed by atoms with Crippen molar-refractivity contribution in [1.29, 1.82) is 0 Å². The van der Waals surface area contributed by atoms with Crippen LogP contribution in [-0.2, 0) is 11.2 Å². The van der Waals surface area contributed by atoms with E-state index in [4.69, 9.17) is 5.11 Å². The number of carbonyl (C=O) groups excluding carboxylic acids is 1. The summed E-state index contributed by atoms with van der Waals surface area (Å²) in [5, 5.41) is 12.1. The van der Waals surface area contributed by atoms with Crippen molar-refractivity contribution in [2.45, 2.75) is 45.1 Å². The van der Waals surface area contributed by atoms with Crippen LogP contribution in [0.1, 0.15) is 60.1 Å². The standard InChI is InChI=1S/C25H30N2O3/c1-17(26-24(28)14-18-10-12-19(13-11-18)25(29)30)22-8-4-5-9-23(22)27-15-20-6-2-3-7-21(20)16-27/h4-5,8-13,17,20-21H,2-3,6-7,14-16H2,1H3,(H,26,28)(H,29,30). The Labute approximate surface area is 178 Å². The van der Waals surface area contributed by atoms with Crippen molar-refractivity contribution in [2.75, 3.05) is 18.0 Å². The van der Waals surface area contributed by atoms with Crippen LogP contribution >= 0.6 is 0 Å². The van der Waals surface area contributed by atoms with E-state index in [9.17, 15) is 9.59 Å². The molecule has 1 heterocycles. The predicted octanol–water partition coefficient (Wildman–Crippen LogP) is 4.43. The Morgan fingerprint density at radius 2 is 1.67 bits per heavy atom. The van der Waals surface area contributed by atoms with Gasteiger partial charge in [-0.15, -0.1) is 0 Å². The van der Waals surface area contributed by atoms with Crippen molar-refractivity contribution >= 4 is 17.6 Å². The van der Waals surface area contributed by atoms with Crippen LogP contribution in [-0.4, -0.2) is 30.1 Å². The zero-order valence-corrected chi connectivity index (χ0v) is 17.5. The summed E-state index contributed by atoms with van der Waals surface area (Å²) >= 11 is 0. The van der Waals surface area contributed by atoms with Gasteiger partial charge in [-0.05, 0) is 60.9 Å². The highest BCUT2D eigenvalue weighted by molar-refractivity contribution is 5.87. The van der Waals surface area contributed by atoms with Crippen LogP contribution < -0.4 is 10.2 Å². The van der Waals surface area contributed by atoms with Gasteiger partial charge >= 0.3 is 5.97 Å². The Balaban J connectivity index is 1.41. The van der Waals surface area contributed by atoms with Crippen LogP contribution in [0, 0.1) is 11.8 Å². The van der Waals surface area contributed by atoms with Gasteiger partial charge in [-0.2, -0.15) is 0 Å². The van der Waals surface area contributed by atoms with Gasteiger partial charge in [0.05, 0.1) is 18.0 Å². The molecule has 2 N–H and O–H groups in total. The SMILES string of the molecule is CC(NC(=O)Cc1ccc(C(=O)O)cc1)c1ccccc1N1CC2CCCCC2C1. The minimum absolute atomic E-state index is 0.0598. The monoisotopic (exact) mass is 406 g/mol. The van der Waals surface area contributed by atoms with Crippen molar-refractivity contribution in [3.8, 4) is 0 Å². The number of amides is 1. The lowest BCUT2D eigenvalue weighted by molar-refractivity contribution is -0.121. The van der Waals surface area contributed by atoms with Crippen molar-refractivity contribution in [2.24, 2.45) is 11.8 Å². The summed E-state index contributed by atoms with van der Waals surface area (Å²) in [5.74, 6) is 0.601. The fraction of sp³-hybridized carbons (Fsp3) is 0.440. The molecule has 5 nitrogen and oxygen atoms in total. The molecular weight excluding hydrogens is 376 g/mol. The summed E-state index contributed by atoms with van der Waals surface area (Å²) in [7, 11) is 0. The van der Waals surface area contributed by atoms with Gasteiger partial charge in [0.1, 0.15) is 0 Å². The molecule has 1 amide bonds. The number of fused-ring (bicyclic) bond motifs is 1. The van der Waals surface area contributed by atoms with Gasteiger partial charge in [0.25, 0.3) is 0 Å². The normalized spacial score (nSPS) is 21.7. The van der Waals surface area contributed by atoms with Gasteiger partial charge in [-0.3, -0.25) is 4.79 Å². The maximum atomic E-state index is 12.6. The van der Waals surface area contributed by atoms with Gasteiger partial charge in [0.2, 0.25) is 5.91 Å². The summed E-state index contributed by atoms with van der Waals surface area (Å²) in [6, 6.07) is 14.8. The van der Waals surface area contributed by atoms with Crippen LogP contribution in [0.3, 0.4) is 0 Å². The molecule has 4 rings (SSSR count). The number of nitrogens with zero attached hydrogens (tertiary/aromatic N) is 1. The first-order valence-corrected chi connectivity index (χ1v) is 11.0. The number of carboxylic acids is 1. The molecule has 1 saturated heterocycles. The summed E-state index contributed by atoms with van der Waals surface area (Å²) in [4.78, 5) is 26.1. The molecule has 1 aliphatic carbocycles. The molecule has 0 spiro atoms. The third-order valence-corrected chi connectivity index (χ3v) is 6.66. The second kappa shape index (κ2) is 8.90. The van der Waals surface area contributed by atoms with E-state index >= 15 is 0 Å². The Kier molecular flexibility index (Phi) is 6.07. The lowest BCUT2D eigenvalue weighted by Gasteiger charge is -2.25. The number of hydrogen-bond donors (Lipinski definition) is 2. The zero-order valence-electron chi connectivity index (χ0n) is 17.5. The molecule has 1 saturated carbocycles. The molecule has 2 aromatic rings. The molecule has 0 radical (unpaired) electrons. The highest BCUT2D eigenvalue weighted by Gasteiger charge is 2.35. The molecule has 30 heavy (non-hydrogen) atoms. The lowest BCUT2D eigenvalue weighted by atomic mass is 9.82. The molecule has 3 unspecified atom stereocenters. The van der Waals surface area contributed by atoms with Gasteiger partial charge in [0, 0.05) is 18.8 Å². The fourth-order valence-electron chi connectivity index (χ4n) is 5.07. The second-order valence-electron chi connectivity index (χ2n) is 8.74. The van der Waals surface area contributed by atoms with Crippen molar-refractivity contribution in [3.05, 3.63) is 65.2 Å². The van der Waals surface area contributed by atoms with E-state index in [2.05, 4.69) is 28.4 Å². The Morgan fingerprint density at radius 3 is 2.30 bits per heavy atom. The van der Waals surface area contributed by atoms with Crippen molar-refractivity contribution in [3.63, 3.8) is 0 Å². The van der Waals surface area contributed by atoms with Gasteiger partial charge in [-0.1, -0.05) is 43.2 Å². The van der Waals surface area contributed by atoms with E-state index in [1.807, 2.05) is 13.0 Å². The summed E-state index contributed by atoms with van der Waals surface area (Å²) < 4.78 is 0. The van der Waals surface area contributed by atoms with Crippen LogP contribution in [0.25, 0.3) is 0 Å². The number of aromatic carboxylic acids is 1. The topological polar surface area (TPSA) is 69.6 Å². The molecule has 158 valence electrons. The molecule has 0 aromatic heterocycles. The van der Waals surface area contributed by atoms with Crippen LogP contribution in [0.15, 0.2) is 48.5 Å². The maximum absolute atomic E-state index is 12.6. The Bertz CT molecular complexity index is 895. The summed E-state index contributed by atoms with van der Waals surface area (Å²) in [6.45, 7) is 4.28. The van der Waals surface area contributed by atoms with Gasteiger partial charge < -0.3 is 15.3 Å². The van der Waals surface area contributed by atoms with E-state index in [1.54, 1.807) is 12.1 Å². The number of rotatable bonds is 6. The van der Waals surface area contributed by atoms with Gasteiger partial charge in [0.15, 0.2) is 0 Å². The quantitative estimate of drug-likeness (QED) is 0.745. The Morgan fingerprint density at radius 1 is 1.03 bits per heavy atom. The molecule has 0 bridgehead atoms. The number of anilines is 1. The molecule has 2 aliphatic rings. The number of carboxylic acid groups (broad SMARTS) is 1. The molecular formula is C25H30N2O3. The van der Waals surface area contributed by atoms with E-state index in [0.717, 1.165) is 36.1 Å². The third-order valence-electron chi connectivity index (χ3n) is 6.66. The molecule has 1 aliphatic heterocycles. The zero-order chi connectivity index (χ0) is 21.1. The molecule has 2 fully saturated rings. The average molecular weight is 407 g/mol. The second-order valence-corrected chi connectivity index (χ2v) is 8.74. The number of para-hydroxylation sites is 1. The minimum atomic E-state index is -0.960. The molecule has 5 heteroatoms. The first-order chi connectivity index (χ1) is 14.5. The number of benzene rings is 2. The highest BCUT2D eigenvalue weighted by atomic mass is 16.4. The highest BCUT2D eigenvalue weighted by Crippen LogP contribution is 2.39. The molecule has 2 aromatic carbocycles. The fourth-order valence-corrected chi connectivity index (χ4v) is 5.07. The Hall–Kier alpha value is -2.82. The smallest absolute Gasteiger partial charge is 0.335 e. The van der Waals surface area contributed by atoms with Gasteiger partial charge in [-0.25, -0.2) is 4.79 Å². The van der Waals surface area contributed by atoms with Crippen molar-refractivity contribution in [1.82, 2.24) is 5.32 Å². The molecule has 3 atom stereocenters. The van der Waals surface area contributed by atoms with E-state index < -0.39 is 5.97 Å². The number of nitrogens with one attached hydrogen (secondary N) is 1.